The highest BCUT2D eigenvalue weighted by Crippen LogP contribution is 2.37. The molecule has 2 aromatic carbocycles. The number of hydrogen-bond donors (Lipinski definition) is 3. The van der Waals surface area contributed by atoms with Gasteiger partial charge in [0.05, 0.1) is 6.54 Å². The predicted molar refractivity (Wildman–Crippen MR) is 148 cm³/mol. The molecule has 2 heterocycles. The molecule has 12 heteroatoms. The first kappa shape index (κ1) is 27.2. The molecule has 0 spiro atoms. The number of aromatic nitrogens is 1. The van der Waals surface area contributed by atoms with E-state index in [4.69, 9.17) is 9.39 Å². The fourth-order valence-electron chi connectivity index (χ4n) is 4.28. The molecule has 1 saturated heterocycles. The molecule has 37 heavy (non-hydrogen) atoms. The Bertz CT molecular complexity index is 1310. The second-order valence-electron chi connectivity index (χ2n) is 10.5. The van der Waals surface area contributed by atoms with Crippen LogP contribution >= 0.6 is 15.9 Å². The number of halogens is 1. The average Bonchev–Trinajstić information content (AvgIpc) is 3.24. The summed E-state index contributed by atoms with van der Waals surface area (Å²) in [4.78, 5) is 27.9. The fraction of sp³-hybridized carbons (Fsp3) is 0.360. The lowest BCUT2D eigenvalue weighted by Gasteiger charge is -2.28. The van der Waals surface area contributed by atoms with Crippen molar-refractivity contribution in [1.29, 1.82) is 0 Å². The number of aromatic hydroxyl groups is 1. The van der Waals surface area contributed by atoms with Crippen LogP contribution in [-0.2, 0) is 21.6 Å². The van der Waals surface area contributed by atoms with E-state index in [-0.39, 0.29) is 19.2 Å². The van der Waals surface area contributed by atoms with E-state index in [0.29, 0.717) is 28.7 Å². The fourth-order valence-corrected chi connectivity index (χ4v) is 5.30. The summed E-state index contributed by atoms with van der Waals surface area (Å²) >= 11 is 3.42. The standard InChI is InChI=1S/C25H31BBrN3O6Si/c1-26(34)36-20-10-5-17-14-29(22(31)21(17)13-20)15-25(18-6-8-19(27)9-7-18)23(32)30(24(33)28-25)16-35-11-12-37(2,3)4/h5-10,13-14,31,34H,11-12,15-16H2,1-4H3,(H,28,33)/t25-/m0/s1. The molecule has 0 bridgehead atoms. The molecule has 1 aromatic heterocycles. The number of amides is 3. The summed E-state index contributed by atoms with van der Waals surface area (Å²) in [5, 5.41) is 24.7. The lowest BCUT2D eigenvalue weighted by Crippen LogP contribution is -2.47. The van der Waals surface area contributed by atoms with Crippen molar-refractivity contribution in [2.75, 3.05) is 13.3 Å². The van der Waals surface area contributed by atoms with Gasteiger partial charge in [-0.2, -0.15) is 0 Å². The maximum absolute atomic E-state index is 13.8. The number of nitrogens with one attached hydrogen (secondary N) is 1. The van der Waals surface area contributed by atoms with Gasteiger partial charge in [-0.15, -0.1) is 0 Å². The first-order chi connectivity index (χ1) is 17.4. The van der Waals surface area contributed by atoms with Gasteiger partial charge in [0.15, 0.2) is 11.4 Å². The number of carbonyl (C=O) groups excluding carboxylic acids is 2. The Kier molecular flexibility index (Phi) is 7.75. The van der Waals surface area contributed by atoms with Gasteiger partial charge in [-0.1, -0.05) is 47.7 Å². The molecular formula is C25H31BBrN3O6Si. The summed E-state index contributed by atoms with van der Waals surface area (Å²) in [5.74, 6) is -0.150. The molecular weight excluding hydrogens is 557 g/mol. The van der Waals surface area contributed by atoms with Crippen LogP contribution in [0.15, 0.2) is 53.1 Å². The van der Waals surface area contributed by atoms with Crippen LogP contribution in [0.2, 0.25) is 32.5 Å². The smallest absolute Gasteiger partial charge is 0.519 e. The van der Waals surface area contributed by atoms with Gasteiger partial charge in [0, 0.05) is 36.1 Å². The topological polar surface area (TPSA) is 113 Å². The summed E-state index contributed by atoms with van der Waals surface area (Å²) in [6, 6.07) is 12.6. The molecule has 196 valence electrons. The molecule has 1 aliphatic heterocycles. The number of carbonyl (C=O) groups is 2. The van der Waals surface area contributed by atoms with Crippen LogP contribution < -0.4 is 9.97 Å². The van der Waals surface area contributed by atoms with E-state index in [1.807, 2.05) is 0 Å². The van der Waals surface area contributed by atoms with Gasteiger partial charge in [0.25, 0.3) is 5.91 Å². The van der Waals surface area contributed by atoms with Crippen LogP contribution in [-0.4, -0.2) is 60.1 Å². The van der Waals surface area contributed by atoms with Crippen molar-refractivity contribution >= 4 is 53.8 Å². The van der Waals surface area contributed by atoms with Gasteiger partial charge >= 0.3 is 13.1 Å². The first-order valence-electron chi connectivity index (χ1n) is 12.0. The zero-order valence-corrected chi connectivity index (χ0v) is 23.9. The highest BCUT2D eigenvalue weighted by Gasteiger charge is 2.53. The van der Waals surface area contributed by atoms with E-state index < -0.39 is 32.7 Å². The van der Waals surface area contributed by atoms with Crippen LogP contribution in [0.4, 0.5) is 4.79 Å². The van der Waals surface area contributed by atoms with E-state index in [1.54, 1.807) is 48.7 Å². The first-order valence-corrected chi connectivity index (χ1v) is 16.5. The van der Waals surface area contributed by atoms with Crippen molar-refractivity contribution < 1.29 is 29.1 Å². The average molecular weight is 588 g/mol. The van der Waals surface area contributed by atoms with Crippen molar-refractivity contribution in [3.05, 3.63) is 58.7 Å². The summed E-state index contributed by atoms with van der Waals surface area (Å²) in [6.45, 7) is 8.47. The molecule has 0 saturated carbocycles. The highest BCUT2D eigenvalue weighted by molar-refractivity contribution is 9.10. The van der Waals surface area contributed by atoms with Gasteiger partial charge < -0.3 is 29.4 Å². The minimum absolute atomic E-state index is 0.0439. The van der Waals surface area contributed by atoms with Gasteiger partial charge in [0.2, 0.25) is 0 Å². The molecule has 1 aliphatic rings. The van der Waals surface area contributed by atoms with E-state index in [1.165, 1.54) is 11.4 Å². The van der Waals surface area contributed by atoms with Gasteiger partial charge in [0.1, 0.15) is 12.5 Å². The van der Waals surface area contributed by atoms with Crippen LogP contribution in [0.5, 0.6) is 11.6 Å². The number of benzene rings is 2. The summed E-state index contributed by atoms with van der Waals surface area (Å²) in [7, 11) is -2.34. The second kappa shape index (κ2) is 10.5. The maximum atomic E-state index is 13.8. The number of imide groups is 1. The Balaban J connectivity index is 1.67. The van der Waals surface area contributed by atoms with E-state index in [9.17, 15) is 19.7 Å². The van der Waals surface area contributed by atoms with Gasteiger partial charge in [-0.25, -0.2) is 9.69 Å². The minimum Gasteiger partial charge on any atom is -0.536 e. The van der Waals surface area contributed by atoms with E-state index >= 15 is 0 Å². The zero-order valence-electron chi connectivity index (χ0n) is 21.3. The Hall–Kier alpha value is -2.80. The van der Waals surface area contributed by atoms with Crippen LogP contribution in [0.1, 0.15) is 5.56 Å². The molecule has 3 amide bonds. The highest BCUT2D eigenvalue weighted by atomic mass is 79.9. The number of urea groups is 1. The Morgan fingerprint density at radius 2 is 1.84 bits per heavy atom. The third kappa shape index (κ3) is 5.87. The number of hydrogen-bond acceptors (Lipinski definition) is 6. The summed E-state index contributed by atoms with van der Waals surface area (Å²) in [5.41, 5.74) is -0.875. The van der Waals surface area contributed by atoms with Crippen molar-refractivity contribution in [3.63, 3.8) is 0 Å². The third-order valence-electron chi connectivity index (χ3n) is 6.28. The molecule has 9 nitrogen and oxygen atoms in total. The zero-order chi connectivity index (χ0) is 27.0. The number of rotatable bonds is 10. The van der Waals surface area contributed by atoms with Crippen molar-refractivity contribution in [1.82, 2.24) is 14.8 Å². The third-order valence-corrected chi connectivity index (χ3v) is 8.51. The predicted octanol–water partition coefficient (Wildman–Crippen LogP) is 4.36. The van der Waals surface area contributed by atoms with Crippen LogP contribution in [0.3, 0.4) is 0 Å². The van der Waals surface area contributed by atoms with Crippen LogP contribution in [0.25, 0.3) is 10.8 Å². The lowest BCUT2D eigenvalue weighted by molar-refractivity contribution is -0.135. The largest absolute Gasteiger partial charge is 0.536 e. The van der Waals surface area contributed by atoms with Crippen LogP contribution in [0, 0.1) is 0 Å². The Morgan fingerprint density at radius 3 is 2.49 bits per heavy atom. The molecule has 4 rings (SSSR count). The second-order valence-corrected chi connectivity index (χ2v) is 17.0. The molecule has 0 aliphatic carbocycles. The Morgan fingerprint density at radius 1 is 1.14 bits per heavy atom. The number of ether oxygens (including phenoxy) is 1. The van der Waals surface area contributed by atoms with Crippen molar-refractivity contribution in [2.24, 2.45) is 0 Å². The summed E-state index contributed by atoms with van der Waals surface area (Å²) in [6.07, 6.45) is 1.71. The molecule has 0 radical (unpaired) electrons. The molecule has 3 aromatic rings. The monoisotopic (exact) mass is 587 g/mol. The molecule has 1 atom stereocenters. The van der Waals surface area contributed by atoms with E-state index in [0.717, 1.165) is 15.4 Å². The number of fused-ring (bicyclic) bond motifs is 1. The van der Waals surface area contributed by atoms with E-state index in [2.05, 4.69) is 40.9 Å². The quantitative estimate of drug-likeness (QED) is 0.184. The summed E-state index contributed by atoms with van der Waals surface area (Å²) < 4.78 is 13.4. The van der Waals surface area contributed by atoms with Gasteiger partial charge in [-0.05, 0) is 48.8 Å². The normalized spacial score (nSPS) is 17.9. The maximum Gasteiger partial charge on any atom is 0.519 e. The molecule has 3 N–H and O–H groups in total. The van der Waals surface area contributed by atoms with Crippen molar-refractivity contribution in [2.45, 2.75) is 44.6 Å². The minimum atomic E-state index is -1.45. The van der Waals surface area contributed by atoms with Gasteiger partial charge in [-0.3, -0.25) is 4.79 Å². The SMILES string of the molecule is CB(O)Oc1ccc2cn(C[C@@]3(c4ccc(Br)cc4)NC(=O)N(COCC[Si](C)(C)C)C3=O)c(O)c2c1. The molecule has 0 unspecified atom stereocenters. The number of nitrogens with zero attached hydrogens (tertiary/aromatic N) is 2. The molecule has 1 fully saturated rings. The lowest BCUT2D eigenvalue weighted by atomic mass is 9.89. The van der Waals surface area contributed by atoms with Crippen molar-refractivity contribution in [3.8, 4) is 11.6 Å². The Labute approximate surface area is 225 Å².